The van der Waals surface area contributed by atoms with Crippen molar-refractivity contribution in [3.05, 3.63) is 95.8 Å². The number of fused-ring (bicyclic) bond motifs is 2. The number of carbonyl (C=O) groups excluding carboxylic acids is 2. The number of amides is 1. The SMILES string of the molecule is CCC(CCCOC)C(=O)CCC1(C)C(=CC=CC=CC=CC2=[N+](CCCCCC(=O)O)c3ccc(S(=O)(=O)O)cc3C2(C)CCC(=O)NCCOC)N(CCOC)c2ccc(S(=O)(=O)O)cc21. The van der Waals surface area contributed by atoms with Crippen molar-refractivity contribution < 1.29 is 64.2 Å². The molecule has 0 radical (unpaired) electrons. The monoisotopic (exact) mass is 984 g/mol. The number of ether oxygens (including phenoxy) is 3. The van der Waals surface area contributed by atoms with E-state index in [9.17, 15) is 45.4 Å². The highest BCUT2D eigenvalue weighted by atomic mass is 32.2. The Morgan fingerprint density at radius 2 is 1.40 bits per heavy atom. The lowest BCUT2D eigenvalue weighted by Crippen LogP contribution is -2.34. The summed E-state index contributed by atoms with van der Waals surface area (Å²) in [6.45, 7) is 8.40. The molecule has 0 fully saturated rings. The van der Waals surface area contributed by atoms with E-state index in [1.807, 2.05) is 63.3 Å². The molecule has 2 aliphatic heterocycles. The van der Waals surface area contributed by atoms with Gasteiger partial charge in [-0.25, -0.2) is 0 Å². The molecule has 2 aliphatic rings. The number of hydrogen-bond donors (Lipinski definition) is 4. The Balaban J connectivity index is 1.73. The molecule has 1 amide bonds. The summed E-state index contributed by atoms with van der Waals surface area (Å²) >= 11 is 0. The van der Waals surface area contributed by atoms with Crippen molar-refractivity contribution in [3.8, 4) is 0 Å². The zero-order valence-electron chi connectivity index (χ0n) is 40.2. The van der Waals surface area contributed by atoms with E-state index in [1.165, 1.54) is 31.4 Å². The van der Waals surface area contributed by atoms with Crippen LogP contribution in [0.2, 0.25) is 0 Å². The Morgan fingerprint density at radius 1 is 0.765 bits per heavy atom. The van der Waals surface area contributed by atoms with E-state index in [0.29, 0.717) is 101 Å². The molecule has 0 aromatic heterocycles. The first-order chi connectivity index (χ1) is 32.3. The fraction of sp³-hybridized carbons (Fsp3) is 0.520. The Kier molecular flexibility index (Phi) is 21.1. The van der Waals surface area contributed by atoms with E-state index in [0.717, 1.165) is 23.5 Å². The fourth-order valence-electron chi connectivity index (χ4n) is 9.17. The highest BCUT2D eigenvalue weighted by Gasteiger charge is 2.48. The van der Waals surface area contributed by atoms with Crippen molar-refractivity contribution in [2.24, 2.45) is 5.92 Å². The number of Topliss-reactive ketones (excluding diaryl/α,β-unsaturated/α-hetero) is 1. The maximum Gasteiger partial charge on any atom is 0.303 e. The van der Waals surface area contributed by atoms with E-state index < -0.39 is 37.0 Å². The quantitative estimate of drug-likeness (QED) is 0.0257. The maximum atomic E-state index is 13.7. The van der Waals surface area contributed by atoms with E-state index >= 15 is 0 Å². The predicted molar refractivity (Wildman–Crippen MR) is 261 cm³/mol. The first-order valence-corrected chi connectivity index (χ1v) is 26.0. The minimum atomic E-state index is -4.56. The first kappa shape index (κ1) is 55.8. The normalized spacial score (nSPS) is 19.5. The summed E-state index contributed by atoms with van der Waals surface area (Å²) in [4.78, 5) is 39.4. The van der Waals surface area contributed by atoms with Crippen molar-refractivity contribution >= 4 is 55.0 Å². The van der Waals surface area contributed by atoms with Crippen molar-refractivity contribution in [1.29, 1.82) is 0 Å². The average molecular weight is 985 g/mol. The topological polar surface area (TPSA) is 226 Å². The van der Waals surface area contributed by atoms with Gasteiger partial charge < -0.3 is 29.5 Å². The third-order valence-corrected chi connectivity index (χ3v) is 14.7. The molecule has 68 heavy (non-hydrogen) atoms. The number of anilines is 1. The number of carbonyl (C=O) groups is 3. The summed E-state index contributed by atoms with van der Waals surface area (Å²) in [6, 6.07) is 8.98. The minimum absolute atomic E-state index is 0.0384. The molecule has 0 saturated heterocycles. The Labute approximate surface area is 402 Å². The van der Waals surface area contributed by atoms with E-state index in [-0.39, 0.29) is 46.7 Å². The largest absolute Gasteiger partial charge is 0.481 e. The number of nitrogens with one attached hydrogen (secondary N) is 1. The zero-order valence-corrected chi connectivity index (χ0v) is 41.9. The summed E-state index contributed by atoms with van der Waals surface area (Å²) in [6.07, 6.45) is 18.0. The Morgan fingerprint density at radius 3 is 2.04 bits per heavy atom. The number of ketones is 1. The number of carboxylic acid groups (broad SMARTS) is 1. The molecule has 16 nitrogen and oxygen atoms in total. The zero-order chi connectivity index (χ0) is 50.1. The number of nitrogens with zero attached hydrogens (tertiary/aromatic N) is 2. The summed E-state index contributed by atoms with van der Waals surface area (Å²) in [7, 11) is -4.33. The molecule has 3 unspecified atom stereocenters. The van der Waals surface area contributed by atoms with Crippen LogP contribution in [0.25, 0.3) is 0 Å². The summed E-state index contributed by atoms with van der Waals surface area (Å²) in [5, 5.41) is 12.0. The van der Waals surface area contributed by atoms with Crippen molar-refractivity contribution in [3.63, 3.8) is 0 Å². The van der Waals surface area contributed by atoms with Gasteiger partial charge in [0, 0.05) is 107 Å². The van der Waals surface area contributed by atoms with Gasteiger partial charge in [0.25, 0.3) is 20.2 Å². The second kappa shape index (κ2) is 25.7. The highest BCUT2D eigenvalue weighted by Crippen LogP contribution is 2.51. The Hall–Kier alpha value is -4.82. The number of methoxy groups -OCH3 is 3. The molecule has 374 valence electrons. The van der Waals surface area contributed by atoms with Gasteiger partial charge >= 0.3 is 5.97 Å². The number of rotatable bonds is 30. The molecule has 0 spiro atoms. The Bertz CT molecular complexity index is 2480. The van der Waals surface area contributed by atoms with Crippen LogP contribution in [0, 0.1) is 5.92 Å². The molecule has 0 bridgehead atoms. The van der Waals surface area contributed by atoms with Gasteiger partial charge in [-0.3, -0.25) is 23.5 Å². The van der Waals surface area contributed by atoms with Crippen LogP contribution in [0.3, 0.4) is 0 Å². The molecule has 2 heterocycles. The molecule has 3 atom stereocenters. The second-order valence-corrected chi connectivity index (χ2v) is 20.4. The molecule has 2 aromatic carbocycles. The minimum Gasteiger partial charge on any atom is -0.481 e. The van der Waals surface area contributed by atoms with Crippen LogP contribution in [-0.2, 0) is 59.7 Å². The molecule has 0 saturated carbocycles. The standard InChI is InChI=1S/C50H69N3O13S2/c1-7-37(17-16-32-64-4)44(54)25-27-49(2)41-36-39(68(61,62)63)22-24-43(41)53(31-34-66-6)46(49)19-13-10-8-9-12-18-45-50(3,28-26-47(55)51-29-33-65-5)40-35-38(67(58,59)60)21-23-42(40)52(45)30-15-11-14-20-48(56)57/h8-10,12-13,18-19,21-24,35-37H,7,11,14-17,20,25-34H2,1-6H3,(H3-,51,55,56,57,58,59,60,61,62,63)/p+1. The third-order valence-electron chi connectivity index (χ3n) is 13.0. The van der Waals surface area contributed by atoms with Crippen molar-refractivity contribution in [2.45, 2.75) is 112 Å². The van der Waals surface area contributed by atoms with E-state index in [1.54, 1.807) is 26.4 Å². The summed E-state index contributed by atoms with van der Waals surface area (Å²) < 4.78 is 87.4. The average Bonchev–Trinajstić information content (AvgIpc) is 3.66. The van der Waals surface area contributed by atoms with Gasteiger partial charge in [0.05, 0.1) is 28.4 Å². The molecule has 4 rings (SSSR count). The number of unbranched alkanes of at least 4 members (excludes halogenated alkanes) is 2. The number of hydrogen-bond acceptors (Lipinski definition) is 11. The summed E-state index contributed by atoms with van der Waals surface area (Å²) in [5.41, 5.74) is 2.65. The third kappa shape index (κ3) is 14.6. The van der Waals surface area contributed by atoms with Gasteiger partial charge in [-0.15, -0.1) is 0 Å². The van der Waals surface area contributed by atoms with Gasteiger partial charge in [0.2, 0.25) is 11.6 Å². The molecule has 18 heteroatoms. The van der Waals surface area contributed by atoms with Gasteiger partial charge in [-0.2, -0.15) is 21.4 Å². The lowest BCUT2D eigenvalue weighted by Gasteiger charge is -2.30. The number of allylic oxidation sites excluding steroid dienone is 8. The summed E-state index contributed by atoms with van der Waals surface area (Å²) in [5.74, 6) is -1.10. The fourth-order valence-corrected chi connectivity index (χ4v) is 10.2. The second-order valence-electron chi connectivity index (χ2n) is 17.6. The lowest BCUT2D eigenvalue weighted by molar-refractivity contribution is -0.438. The molecule has 0 aliphatic carbocycles. The number of carboxylic acids is 1. The van der Waals surface area contributed by atoms with Gasteiger partial charge in [-0.05, 0) is 101 Å². The van der Waals surface area contributed by atoms with Crippen LogP contribution in [-0.4, -0.2) is 120 Å². The van der Waals surface area contributed by atoms with Crippen LogP contribution < -0.4 is 10.2 Å². The van der Waals surface area contributed by atoms with Gasteiger partial charge in [0.1, 0.15) is 12.3 Å². The van der Waals surface area contributed by atoms with Gasteiger partial charge in [0.15, 0.2) is 5.71 Å². The van der Waals surface area contributed by atoms with Gasteiger partial charge in [-0.1, -0.05) is 37.3 Å². The predicted octanol–water partition coefficient (Wildman–Crippen LogP) is 7.50. The molecule has 2 aromatic rings. The number of benzene rings is 2. The van der Waals surface area contributed by atoms with E-state index in [2.05, 4.69) is 14.8 Å². The van der Waals surface area contributed by atoms with Crippen molar-refractivity contribution in [1.82, 2.24) is 5.32 Å². The first-order valence-electron chi connectivity index (χ1n) is 23.1. The van der Waals surface area contributed by atoms with E-state index in [4.69, 9.17) is 14.2 Å². The van der Waals surface area contributed by atoms with Crippen LogP contribution in [0.4, 0.5) is 11.4 Å². The van der Waals surface area contributed by atoms with Crippen LogP contribution in [0.15, 0.2) is 94.4 Å². The van der Waals surface area contributed by atoms with Crippen LogP contribution in [0.1, 0.15) is 103 Å². The maximum absolute atomic E-state index is 13.7. The number of aliphatic carboxylic acids is 1. The smallest absolute Gasteiger partial charge is 0.303 e. The lowest BCUT2D eigenvalue weighted by atomic mass is 9.75. The highest BCUT2D eigenvalue weighted by molar-refractivity contribution is 7.86. The van der Waals surface area contributed by atoms with Crippen LogP contribution in [0.5, 0.6) is 0 Å². The van der Waals surface area contributed by atoms with Crippen molar-refractivity contribution in [2.75, 3.05) is 65.7 Å². The van der Waals surface area contributed by atoms with Crippen LogP contribution >= 0.6 is 0 Å². The molecular weight excluding hydrogens is 915 g/mol. The molecule has 4 N–H and O–H groups in total. The molecular formula is C50H70N3O13S2+.